The predicted molar refractivity (Wildman–Crippen MR) is 127 cm³/mol. The molecule has 1 aliphatic rings. The lowest BCUT2D eigenvalue weighted by atomic mass is 9.79. The van der Waals surface area contributed by atoms with Gasteiger partial charge in [-0.15, -0.1) is 0 Å². The number of hydrogen-bond acceptors (Lipinski definition) is 3. The maximum Gasteiger partial charge on any atom is 0.323 e. The van der Waals surface area contributed by atoms with Gasteiger partial charge < -0.3 is 9.47 Å². The van der Waals surface area contributed by atoms with Gasteiger partial charge in [0.15, 0.2) is 0 Å². The topological polar surface area (TPSA) is 35.5 Å². The summed E-state index contributed by atoms with van der Waals surface area (Å²) >= 11 is 0. The number of rotatable bonds is 13. The number of carbonyl (C=O) groups is 1. The first-order valence-corrected chi connectivity index (χ1v) is 12.0. The molecule has 0 amide bonds. The summed E-state index contributed by atoms with van der Waals surface area (Å²) in [5.74, 6) is 0.231. The second-order valence-electron chi connectivity index (χ2n) is 8.86. The molecule has 0 spiro atoms. The maximum absolute atomic E-state index is 13.6. The molecule has 1 atom stereocenters. The highest BCUT2D eigenvalue weighted by atomic mass is 16.5. The highest BCUT2D eigenvalue weighted by molar-refractivity contribution is 5.98. The van der Waals surface area contributed by atoms with Crippen molar-refractivity contribution in [2.24, 2.45) is 5.92 Å². The summed E-state index contributed by atoms with van der Waals surface area (Å²) in [6, 6.07) is 16.3. The molecule has 1 unspecified atom stereocenters. The van der Waals surface area contributed by atoms with E-state index in [9.17, 15) is 4.79 Å². The van der Waals surface area contributed by atoms with Crippen LogP contribution in [0.2, 0.25) is 0 Å². The Kier molecular flexibility index (Phi) is 8.71. The van der Waals surface area contributed by atoms with E-state index in [4.69, 9.17) is 9.47 Å². The minimum Gasteiger partial charge on any atom is -0.464 e. The standard InChI is InChI=1S/C28H38O3/c1-4-6-7-8-9-10-15-22(5-2)20-31-27(29)28(21-30-3)25-18-13-11-16-23(25)24-17-12-14-19-26(24)28/h11-14,16-19,22H,4-10,15,20-21H2,1-3H3. The highest BCUT2D eigenvalue weighted by Gasteiger charge is 2.50. The number of hydrogen-bond donors (Lipinski definition) is 0. The van der Waals surface area contributed by atoms with Crippen LogP contribution in [0.3, 0.4) is 0 Å². The van der Waals surface area contributed by atoms with Crippen LogP contribution in [0.5, 0.6) is 0 Å². The second kappa shape index (κ2) is 11.5. The van der Waals surface area contributed by atoms with Crippen molar-refractivity contribution in [1.82, 2.24) is 0 Å². The van der Waals surface area contributed by atoms with Gasteiger partial charge in [0.2, 0.25) is 0 Å². The SMILES string of the molecule is CCCCCCCCC(CC)COC(=O)C1(COC)c2ccccc2-c2ccccc21. The van der Waals surface area contributed by atoms with Gasteiger partial charge in [-0.3, -0.25) is 4.79 Å². The van der Waals surface area contributed by atoms with E-state index in [1.807, 2.05) is 36.4 Å². The van der Waals surface area contributed by atoms with Gasteiger partial charge in [-0.25, -0.2) is 0 Å². The number of carbonyl (C=O) groups excluding carboxylic acids is 1. The van der Waals surface area contributed by atoms with Crippen LogP contribution in [-0.4, -0.2) is 26.3 Å². The Morgan fingerprint density at radius 2 is 1.45 bits per heavy atom. The lowest BCUT2D eigenvalue weighted by Gasteiger charge is -2.29. The molecule has 3 nitrogen and oxygen atoms in total. The third-order valence-electron chi connectivity index (χ3n) is 6.77. The van der Waals surface area contributed by atoms with E-state index < -0.39 is 5.41 Å². The van der Waals surface area contributed by atoms with E-state index in [0.717, 1.165) is 35.1 Å². The molecular weight excluding hydrogens is 384 g/mol. The molecule has 2 aromatic carbocycles. The molecule has 31 heavy (non-hydrogen) atoms. The van der Waals surface area contributed by atoms with Crippen LogP contribution in [0, 0.1) is 5.92 Å². The fraction of sp³-hybridized carbons (Fsp3) is 0.536. The van der Waals surface area contributed by atoms with Gasteiger partial charge in [-0.05, 0) is 34.6 Å². The average Bonchev–Trinajstić information content (AvgIpc) is 3.09. The largest absolute Gasteiger partial charge is 0.464 e. The Bertz CT molecular complexity index is 796. The summed E-state index contributed by atoms with van der Waals surface area (Å²) < 4.78 is 11.6. The van der Waals surface area contributed by atoms with Crippen LogP contribution < -0.4 is 0 Å². The van der Waals surface area contributed by atoms with Crippen molar-refractivity contribution in [2.45, 2.75) is 70.6 Å². The Balaban J connectivity index is 1.71. The molecule has 3 heteroatoms. The molecule has 0 saturated carbocycles. The van der Waals surface area contributed by atoms with E-state index >= 15 is 0 Å². The first-order valence-electron chi connectivity index (χ1n) is 12.0. The lowest BCUT2D eigenvalue weighted by molar-refractivity contribution is -0.152. The predicted octanol–water partition coefficient (Wildman–Crippen LogP) is 6.92. The lowest BCUT2D eigenvalue weighted by Crippen LogP contribution is -2.41. The van der Waals surface area contributed by atoms with Gasteiger partial charge in [0.25, 0.3) is 0 Å². The molecule has 1 aliphatic carbocycles. The average molecular weight is 423 g/mol. The number of unbranched alkanes of at least 4 members (excludes halogenated alkanes) is 5. The number of esters is 1. The van der Waals surface area contributed by atoms with Crippen LogP contribution in [0.25, 0.3) is 11.1 Å². The zero-order valence-corrected chi connectivity index (χ0v) is 19.5. The van der Waals surface area contributed by atoms with Crippen LogP contribution in [0.15, 0.2) is 48.5 Å². The molecular formula is C28H38O3. The van der Waals surface area contributed by atoms with Gasteiger partial charge in [0, 0.05) is 7.11 Å². The summed E-state index contributed by atoms with van der Waals surface area (Å²) in [6.07, 6.45) is 9.91. The molecule has 0 aromatic heterocycles. The van der Waals surface area contributed by atoms with Crippen molar-refractivity contribution in [1.29, 1.82) is 0 Å². The fourth-order valence-electron chi connectivity index (χ4n) is 4.91. The molecule has 0 fully saturated rings. The third kappa shape index (κ3) is 5.03. The van der Waals surface area contributed by atoms with E-state index in [1.165, 1.54) is 38.5 Å². The van der Waals surface area contributed by atoms with E-state index in [-0.39, 0.29) is 12.6 Å². The first-order chi connectivity index (χ1) is 15.2. The third-order valence-corrected chi connectivity index (χ3v) is 6.77. The molecule has 168 valence electrons. The van der Waals surface area contributed by atoms with Crippen molar-refractivity contribution < 1.29 is 14.3 Å². The second-order valence-corrected chi connectivity index (χ2v) is 8.86. The van der Waals surface area contributed by atoms with Crippen molar-refractivity contribution in [2.75, 3.05) is 20.3 Å². The molecule has 0 bridgehead atoms. The quantitative estimate of drug-likeness (QED) is 0.260. The van der Waals surface area contributed by atoms with E-state index in [2.05, 4.69) is 26.0 Å². The van der Waals surface area contributed by atoms with Crippen LogP contribution >= 0.6 is 0 Å². The van der Waals surface area contributed by atoms with Gasteiger partial charge in [0.05, 0.1) is 13.2 Å². The summed E-state index contributed by atoms with van der Waals surface area (Å²) in [5, 5.41) is 0. The van der Waals surface area contributed by atoms with Crippen LogP contribution in [0.1, 0.15) is 76.3 Å². The molecule has 2 aromatic rings. The molecule has 0 saturated heterocycles. The minimum atomic E-state index is -0.889. The zero-order valence-electron chi connectivity index (χ0n) is 19.5. The molecule has 0 radical (unpaired) electrons. The fourth-order valence-corrected chi connectivity index (χ4v) is 4.91. The van der Waals surface area contributed by atoms with Gasteiger partial charge in [-0.2, -0.15) is 0 Å². The Hall–Kier alpha value is -2.13. The Morgan fingerprint density at radius 1 is 0.871 bits per heavy atom. The van der Waals surface area contributed by atoms with E-state index in [0.29, 0.717) is 12.5 Å². The van der Waals surface area contributed by atoms with Crippen molar-refractivity contribution in [3.8, 4) is 11.1 Å². The normalized spacial score (nSPS) is 14.7. The highest BCUT2D eigenvalue weighted by Crippen LogP contribution is 2.49. The number of ether oxygens (including phenoxy) is 2. The van der Waals surface area contributed by atoms with Crippen molar-refractivity contribution in [3.63, 3.8) is 0 Å². The zero-order chi connectivity index (χ0) is 22.1. The Morgan fingerprint density at radius 3 is 2.03 bits per heavy atom. The molecule has 3 rings (SSSR count). The van der Waals surface area contributed by atoms with Crippen LogP contribution in [-0.2, 0) is 19.7 Å². The number of methoxy groups -OCH3 is 1. The summed E-state index contributed by atoms with van der Waals surface area (Å²) in [6.45, 7) is 5.22. The number of fused-ring (bicyclic) bond motifs is 3. The van der Waals surface area contributed by atoms with Crippen molar-refractivity contribution >= 4 is 5.97 Å². The van der Waals surface area contributed by atoms with Crippen molar-refractivity contribution in [3.05, 3.63) is 59.7 Å². The summed E-state index contributed by atoms with van der Waals surface area (Å²) in [5.41, 5.74) is 3.30. The molecule has 0 heterocycles. The first kappa shape index (κ1) is 23.5. The summed E-state index contributed by atoms with van der Waals surface area (Å²) in [7, 11) is 1.66. The smallest absolute Gasteiger partial charge is 0.323 e. The molecule has 0 N–H and O–H groups in total. The van der Waals surface area contributed by atoms with Gasteiger partial charge in [0.1, 0.15) is 5.41 Å². The maximum atomic E-state index is 13.6. The summed E-state index contributed by atoms with van der Waals surface area (Å²) in [4.78, 5) is 13.6. The number of benzene rings is 2. The molecule has 0 aliphatic heterocycles. The minimum absolute atomic E-state index is 0.187. The van der Waals surface area contributed by atoms with E-state index in [1.54, 1.807) is 7.11 Å². The van der Waals surface area contributed by atoms with Crippen LogP contribution in [0.4, 0.5) is 0 Å². The monoisotopic (exact) mass is 422 g/mol. The van der Waals surface area contributed by atoms with Gasteiger partial charge in [-0.1, -0.05) is 107 Å². The van der Waals surface area contributed by atoms with Gasteiger partial charge >= 0.3 is 5.97 Å². The Labute approximate surface area is 188 Å².